The van der Waals surface area contributed by atoms with Gasteiger partial charge in [0.15, 0.2) is 0 Å². The van der Waals surface area contributed by atoms with Crippen LogP contribution >= 0.6 is 11.3 Å². The molecule has 1 aromatic heterocycles. The zero-order chi connectivity index (χ0) is 13.1. The minimum absolute atomic E-state index is 0.387. The second-order valence-electron chi connectivity index (χ2n) is 4.77. The van der Waals surface area contributed by atoms with Gasteiger partial charge in [-0.05, 0) is 30.0 Å². The summed E-state index contributed by atoms with van der Waals surface area (Å²) in [6, 6.07) is 21.8. The first-order chi connectivity index (χ1) is 9.33. The molecule has 0 saturated carbocycles. The molecule has 0 aliphatic heterocycles. The average molecular weight is 267 g/mol. The van der Waals surface area contributed by atoms with Gasteiger partial charge >= 0.3 is 0 Å². The summed E-state index contributed by atoms with van der Waals surface area (Å²) in [7, 11) is 0. The minimum atomic E-state index is 0.387. The van der Waals surface area contributed by atoms with Gasteiger partial charge < -0.3 is 5.32 Å². The topological polar surface area (TPSA) is 12.0 Å². The lowest BCUT2D eigenvalue weighted by Crippen LogP contribution is -2.16. The van der Waals surface area contributed by atoms with Crippen LogP contribution in [0.3, 0.4) is 0 Å². The van der Waals surface area contributed by atoms with Gasteiger partial charge in [-0.3, -0.25) is 0 Å². The van der Waals surface area contributed by atoms with Gasteiger partial charge in [0, 0.05) is 22.2 Å². The Hall–Kier alpha value is -1.64. The molecule has 0 fully saturated rings. The van der Waals surface area contributed by atoms with E-state index in [0.717, 1.165) is 6.54 Å². The molecule has 1 N–H and O–H groups in total. The molecule has 3 rings (SSSR count). The monoisotopic (exact) mass is 267 g/mol. The molecule has 19 heavy (non-hydrogen) atoms. The van der Waals surface area contributed by atoms with Crippen molar-refractivity contribution in [2.45, 2.75) is 19.5 Å². The molecule has 0 aliphatic carbocycles. The molecule has 0 saturated heterocycles. The molecule has 1 heterocycles. The lowest BCUT2D eigenvalue weighted by Gasteiger charge is -2.11. The molecule has 1 nitrogen and oxygen atoms in total. The summed E-state index contributed by atoms with van der Waals surface area (Å²) < 4.78 is 1.37. The summed E-state index contributed by atoms with van der Waals surface area (Å²) in [5.41, 5.74) is 1.33. The van der Waals surface area contributed by atoms with Crippen LogP contribution in [-0.2, 0) is 6.54 Å². The second-order valence-corrected chi connectivity index (χ2v) is 5.89. The molecule has 0 radical (unpaired) electrons. The highest BCUT2D eigenvalue weighted by Gasteiger charge is 2.08. The predicted octanol–water partition coefficient (Wildman–Crippen LogP) is 4.75. The van der Waals surface area contributed by atoms with Crippen molar-refractivity contribution in [3.63, 3.8) is 0 Å². The van der Waals surface area contributed by atoms with Crippen LogP contribution < -0.4 is 5.32 Å². The highest BCUT2D eigenvalue weighted by atomic mass is 32.1. The van der Waals surface area contributed by atoms with Crippen LogP contribution in [-0.4, -0.2) is 0 Å². The lowest BCUT2D eigenvalue weighted by molar-refractivity contribution is 0.583. The highest BCUT2D eigenvalue weighted by Crippen LogP contribution is 2.29. The summed E-state index contributed by atoms with van der Waals surface area (Å²) in [4.78, 5) is 1.40. The third-order valence-electron chi connectivity index (χ3n) is 3.33. The Labute approximate surface area is 117 Å². The number of rotatable bonds is 4. The minimum Gasteiger partial charge on any atom is -0.305 e. The molecule has 0 bridgehead atoms. The molecule has 0 spiro atoms. The van der Waals surface area contributed by atoms with E-state index in [9.17, 15) is 0 Å². The summed E-state index contributed by atoms with van der Waals surface area (Å²) in [6.07, 6.45) is 0. The van der Waals surface area contributed by atoms with Gasteiger partial charge in [0.25, 0.3) is 0 Å². The SMILES string of the molecule is CC(NCc1ccccc1)c1cc2ccccc2s1. The van der Waals surface area contributed by atoms with Crippen molar-refractivity contribution in [2.24, 2.45) is 0 Å². The van der Waals surface area contributed by atoms with Gasteiger partial charge in [-0.25, -0.2) is 0 Å². The largest absolute Gasteiger partial charge is 0.305 e. The van der Waals surface area contributed by atoms with Crippen molar-refractivity contribution in [1.29, 1.82) is 0 Å². The van der Waals surface area contributed by atoms with E-state index in [2.05, 4.69) is 72.9 Å². The van der Waals surface area contributed by atoms with Crippen LogP contribution in [0.1, 0.15) is 23.4 Å². The van der Waals surface area contributed by atoms with Crippen LogP contribution in [0.2, 0.25) is 0 Å². The maximum Gasteiger partial charge on any atom is 0.0389 e. The molecule has 0 amide bonds. The molecule has 2 heteroatoms. The molecule has 2 aromatic carbocycles. The molecule has 1 unspecified atom stereocenters. The summed E-state index contributed by atoms with van der Waals surface area (Å²) in [5.74, 6) is 0. The first-order valence-corrected chi connectivity index (χ1v) is 7.40. The van der Waals surface area contributed by atoms with E-state index in [1.165, 1.54) is 20.5 Å². The van der Waals surface area contributed by atoms with Gasteiger partial charge in [0.05, 0.1) is 0 Å². The zero-order valence-corrected chi connectivity index (χ0v) is 11.8. The van der Waals surface area contributed by atoms with Gasteiger partial charge in [0.1, 0.15) is 0 Å². The Bertz CT molecular complexity index is 624. The fraction of sp³-hybridized carbons (Fsp3) is 0.176. The van der Waals surface area contributed by atoms with Crippen LogP contribution in [0.15, 0.2) is 60.7 Å². The molecule has 1 atom stereocenters. The predicted molar refractivity (Wildman–Crippen MR) is 83.5 cm³/mol. The lowest BCUT2D eigenvalue weighted by atomic mass is 10.2. The molecule has 3 aromatic rings. The van der Waals surface area contributed by atoms with Gasteiger partial charge in [0.2, 0.25) is 0 Å². The number of fused-ring (bicyclic) bond motifs is 1. The van der Waals surface area contributed by atoms with E-state index in [0.29, 0.717) is 6.04 Å². The molecule has 96 valence electrons. The first-order valence-electron chi connectivity index (χ1n) is 6.59. The van der Waals surface area contributed by atoms with E-state index in [1.54, 1.807) is 0 Å². The Kier molecular flexibility index (Phi) is 3.62. The number of hydrogen-bond acceptors (Lipinski definition) is 2. The van der Waals surface area contributed by atoms with Crippen molar-refractivity contribution in [1.82, 2.24) is 5.32 Å². The fourth-order valence-electron chi connectivity index (χ4n) is 2.18. The summed E-state index contributed by atoms with van der Waals surface area (Å²) in [6.45, 7) is 3.14. The molecule has 0 aliphatic rings. The summed E-state index contributed by atoms with van der Waals surface area (Å²) in [5, 5.41) is 4.93. The van der Waals surface area contributed by atoms with E-state index in [-0.39, 0.29) is 0 Å². The third kappa shape index (κ3) is 2.86. The van der Waals surface area contributed by atoms with Gasteiger partial charge in [-0.15, -0.1) is 11.3 Å². The Balaban J connectivity index is 1.71. The van der Waals surface area contributed by atoms with Crippen molar-refractivity contribution in [3.05, 3.63) is 71.1 Å². The standard InChI is InChI=1S/C17H17NS/c1-13(18-12-14-7-3-2-4-8-14)17-11-15-9-5-6-10-16(15)19-17/h2-11,13,18H,12H2,1H3. The normalized spacial score (nSPS) is 12.7. The highest BCUT2D eigenvalue weighted by molar-refractivity contribution is 7.19. The number of benzene rings is 2. The van der Waals surface area contributed by atoms with Crippen molar-refractivity contribution in [3.8, 4) is 0 Å². The van der Waals surface area contributed by atoms with E-state index in [4.69, 9.17) is 0 Å². The maximum atomic E-state index is 3.59. The number of nitrogens with one attached hydrogen (secondary N) is 1. The molecular weight excluding hydrogens is 250 g/mol. The number of thiophene rings is 1. The zero-order valence-electron chi connectivity index (χ0n) is 11.0. The second kappa shape index (κ2) is 5.55. The van der Waals surface area contributed by atoms with Crippen molar-refractivity contribution < 1.29 is 0 Å². The van der Waals surface area contributed by atoms with E-state index >= 15 is 0 Å². The van der Waals surface area contributed by atoms with Crippen LogP contribution in [0.4, 0.5) is 0 Å². The smallest absolute Gasteiger partial charge is 0.0389 e. The third-order valence-corrected chi connectivity index (χ3v) is 4.63. The first kappa shape index (κ1) is 12.4. The fourth-order valence-corrected chi connectivity index (χ4v) is 3.27. The Morgan fingerprint density at radius 2 is 1.74 bits per heavy atom. The Morgan fingerprint density at radius 1 is 1.00 bits per heavy atom. The Morgan fingerprint density at radius 3 is 2.53 bits per heavy atom. The van der Waals surface area contributed by atoms with Gasteiger partial charge in [-0.1, -0.05) is 48.5 Å². The quantitative estimate of drug-likeness (QED) is 0.719. The van der Waals surface area contributed by atoms with Crippen LogP contribution in [0, 0.1) is 0 Å². The van der Waals surface area contributed by atoms with Crippen LogP contribution in [0.25, 0.3) is 10.1 Å². The van der Waals surface area contributed by atoms with Crippen molar-refractivity contribution >= 4 is 21.4 Å². The van der Waals surface area contributed by atoms with Crippen LogP contribution in [0.5, 0.6) is 0 Å². The number of hydrogen-bond donors (Lipinski definition) is 1. The molecular formula is C17H17NS. The summed E-state index contributed by atoms with van der Waals surface area (Å²) >= 11 is 1.88. The average Bonchev–Trinajstić information content (AvgIpc) is 2.90. The van der Waals surface area contributed by atoms with E-state index in [1.807, 2.05) is 11.3 Å². The van der Waals surface area contributed by atoms with Gasteiger partial charge in [-0.2, -0.15) is 0 Å². The van der Waals surface area contributed by atoms with E-state index < -0.39 is 0 Å². The van der Waals surface area contributed by atoms with Crippen molar-refractivity contribution in [2.75, 3.05) is 0 Å². The maximum absolute atomic E-state index is 3.59.